The summed E-state index contributed by atoms with van der Waals surface area (Å²) in [7, 11) is 0. The minimum atomic E-state index is -0.477. The van der Waals surface area contributed by atoms with E-state index >= 15 is 0 Å². The lowest BCUT2D eigenvalue weighted by atomic mass is 10.2. The molecule has 0 N–H and O–H groups in total. The molecule has 1 aromatic carbocycles. The Kier molecular flexibility index (Phi) is 5.86. The van der Waals surface area contributed by atoms with Crippen molar-refractivity contribution in [1.82, 2.24) is 0 Å². The van der Waals surface area contributed by atoms with E-state index in [1.54, 1.807) is 0 Å². The monoisotopic (exact) mass is 234 g/mol. The fraction of sp³-hybridized carbons (Fsp3) is 0.357. The average molecular weight is 234 g/mol. The molecule has 0 spiro atoms. The van der Waals surface area contributed by atoms with Crippen LogP contribution in [0.1, 0.15) is 25.3 Å². The van der Waals surface area contributed by atoms with Gasteiger partial charge in [0.25, 0.3) is 0 Å². The molecule has 0 saturated heterocycles. The van der Waals surface area contributed by atoms with Gasteiger partial charge in [0, 0.05) is 0 Å². The van der Waals surface area contributed by atoms with Crippen molar-refractivity contribution in [1.29, 1.82) is 0 Å². The van der Waals surface area contributed by atoms with Crippen molar-refractivity contribution in [2.45, 2.75) is 26.4 Å². The molecule has 0 fully saturated rings. The molecule has 0 amide bonds. The Balaban J connectivity index is 2.27. The normalized spacial score (nSPS) is 9.71. The highest BCUT2D eigenvalue weighted by molar-refractivity contribution is 5.85. The lowest BCUT2D eigenvalue weighted by molar-refractivity contribution is -0.143. The maximum atomic E-state index is 11.4. The summed E-state index contributed by atoms with van der Waals surface area (Å²) in [5.74, 6) is -0.417. The maximum absolute atomic E-state index is 11.4. The standard InChI is InChI=1S/C14H18O3/c1-3-4-10-16-14(15)12(2)17-11-13-8-6-5-7-9-13/h5-9H,2-4,10-11H2,1H3. The minimum Gasteiger partial charge on any atom is -0.482 e. The van der Waals surface area contributed by atoms with E-state index in [0.717, 1.165) is 18.4 Å². The second kappa shape index (κ2) is 7.49. The Hall–Kier alpha value is -1.77. The van der Waals surface area contributed by atoms with E-state index in [1.807, 2.05) is 37.3 Å². The van der Waals surface area contributed by atoms with Crippen LogP contribution >= 0.6 is 0 Å². The molecule has 17 heavy (non-hydrogen) atoms. The molecule has 92 valence electrons. The molecular formula is C14H18O3. The van der Waals surface area contributed by atoms with Gasteiger partial charge >= 0.3 is 5.97 Å². The number of carbonyl (C=O) groups excluding carboxylic acids is 1. The van der Waals surface area contributed by atoms with Gasteiger partial charge in [-0.2, -0.15) is 0 Å². The van der Waals surface area contributed by atoms with Crippen LogP contribution in [0.4, 0.5) is 0 Å². The van der Waals surface area contributed by atoms with E-state index < -0.39 is 5.97 Å². The highest BCUT2D eigenvalue weighted by atomic mass is 16.6. The van der Waals surface area contributed by atoms with Crippen molar-refractivity contribution < 1.29 is 14.3 Å². The van der Waals surface area contributed by atoms with Gasteiger partial charge in [0.15, 0.2) is 5.76 Å². The Bertz CT molecular complexity index is 357. The van der Waals surface area contributed by atoms with Gasteiger partial charge in [0.05, 0.1) is 6.61 Å². The molecule has 0 radical (unpaired) electrons. The lowest BCUT2D eigenvalue weighted by Crippen LogP contribution is -2.10. The molecular weight excluding hydrogens is 216 g/mol. The van der Waals surface area contributed by atoms with Crippen LogP contribution in [0.5, 0.6) is 0 Å². The smallest absolute Gasteiger partial charge is 0.372 e. The van der Waals surface area contributed by atoms with Crippen LogP contribution < -0.4 is 0 Å². The van der Waals surface area contributed by atoms with Gasteiger partial charge in [-0.1, -0.05) is 43.7 Å². The van der Waals surface area contributed by atoms with E-state index in [4.69, 9.17) is 9.47 Å². The van der Waals surface area contributed by atoms with Crippen molar-refractivity contribution in [3.05, 3.63) is 48.2 Å². The maximum Gasteiger partial charge on any atom is 0.372 e. The van der Waals surface area contributed by atoms with Crippen LogP contribution in [-0.4, -0.2) is 12.6 Å². The van der Waals surface area contributed by atoms with Gasteiger partial charge in [-0.15, -0.1) is 0 Å². The molecule has 1 rings (SSSR count). The first-order chi connectivity index (χ1) is 8.24. The zero-order chi connectivity index (χ0) is 12.5. The number of hydrogen-bond donors (Lipinski definition) is 0. The zero-order valence-corrected chi connectivity index (χ0v) is 10.1. The number of unbranched alkanes of at least 4 members (excludes halogenated alkanes) is 1. The Morgan fingerprint density at radius 1 is 1.24 bits per heavy atom. The zero-order valence-electron chi connectivity index (χ0n) is 10.1. The predicted octanol–water partition coefficient (Wildman–Crippen LogP) is 3.06. The summed E-state index contributed by atoms with van der Waals surface area (Å²) in [4.78, 5) is 11.4. The van der Waals surface area contributed by atoms with Gasteiger partial charge in [-0.3, -0.25) is 0 Å². The Labute approximate surface area is 102 Å². The summed E-state index contributed by atoms with van der Waals surface area (Å²) >= 11 is 0. The average Bonchev–Trinajstić information content (AvgIpc) is 2.37. The van der Waals surface area contributed by atoms with E-state index in [0.29, 0.717) is 13.2 Å². The quantitative estimate of drug-likeness (QED) is 0.315. The van der Waals surface area contributed by atoms with Gasteiger partial charge in [0.2, 0.25) is 0 Å². The largest absolute Gasteiger partial charge is 0.482 e. The van der Waals surface area contributed by atoms with Crippen LogP contribution in [0.15, 0.2) is 42.7 Å². The van der Waals surface area contributed by atoms with Crippen molar-refractivity contribution >= 4 is 5.97 Å². The highest BCUT2D eigenvalue weighted by Gasteiger charge is 2.09. The van der Waals surface area contributed by atoms with E-state index in [9.17, 15) is 4.79 Å². The number of esters is 1. The SMILES string of the molecule is C=C(OCc1ccccc1)C(=O)OCCCC. The minimum absolute atomic E-state index is 0.0601. The second-order valence-electron chi connectivity index (χ2n) is 3.69. The van der Waals surface area contributed by atoms with Gasteiger partial charge in [0.1, 0.15) is 6.61 Å². The van der Waals surface area contributed by atoms with E-state index in [-0.39, 0.29) is 5.76 Å². The molecule has 0 bridgehead atoms. The summed E-state index contributed by atoms with van der Waals surface area (Å²) < 4.78 is 10.2. The van der Waals surface area contributed by atoms with Crippen molar-refractivity contribution in [3.63, 3.8) is 0 Å². The molecule has 0 saturated carbocycles. The van der Waals surface area contributed by atoms with Crippen LogP contribution in [0.25, 0.3) is 0 Å². The number of benzene rings is 1. The third kappa shape index (κ3) is 5.20. The first-order valence-electron chi connectivity index (χ1n) is 5.76. The van der Waals surface area contributed by atoms with Gasteiger partial charge in [-0.05, 0) is 18.6 Å². The first kappa shape index (κ1) is 13.3. The molecule has 0 heterocycles. The second-order valence-corrected chi connectivity index (χ2v) is 3.69. The molecule has 0 atom stereocenters. The molecule has 3 nitrogen and oxygen atoms in total. The van der Waals surface area contributed by atoms with Gasteiger partial charge in [-0.25, -0.2) is 4.79 Å². The molecule has 0 aliphatic rings. The summed E-state index contributed by atoms with van der Waals surface area (Å²) in [5, 5.41) is 0. The first-order valence-corrected chi connectivity index (χ1v) is 5.76. The van der Waals surface area contributed by atoms with Crippen molar-refractivity contribution in [3.8, 4) is 0 Å². The third-order valence-electron chi connectivity index (χ3n) is 2.21. The Morgan fingerprint density at radius 3 is 2.59 bits per heavy atom. The van der Waals surface area contributed by atoms with Gasteiger partial charge < -0.3 is 9.47 Å². The summed E-state index contributed by atoms with van der Waals surface area (Å²) in [6.45, 7) is 6.34. The summed E-state index contributed by atoms with van der Waals surface area (Å²) in [6.07, 6.45) is 1.85. The number of carbonyl (C=O) groups is 1. The number of ether oxygens (including phenoxy) is 2. The molecule has 0 unspecified atom stereocenters. The van der Waals surface area contributed by atoms with Crippen LogP contribution in [0.3, 0.4) is 0 Å². The van der Waals surface area contributed by atoms with Crippen LogP contribution in [-0.2, 0) is 20.9 Å². The van der Waals surface area contributed by atoms with Crippen molar-refractivity contribution in [2.75, 3.05) is 6.61 Å². The number of rotatable bonds is 7. The van der Waals surface area contributed by atoms with E-state index in [2.05, 4.69) is 6.58 Å². The van der Waals surface area contributed by atoms with Crippen LogP contribution in [0.2, 0.25) is 0 Å². The van der Waals surface area contributed by atoms with Crippen LogP contribution in [0, 0.1) is 0 Å². The van der Waals surface area contributed by atoms with Crippen molar-refractivity contribution in [2.24, 2.45) is 0 Å². The highest BCUT2D eigenvalue weighted by Crippen LogP contribution is 2.06. The summed E-state index contributed by atoms with van der Waals surface area (Å²) in [6, 6.07) is 9.62. The molecule has 0 aliphatic heterocycles. The molecule has 1 aromatic rings. The molecule has 3 heteroatoms. The Morgan fingerprint density at radius 2 is 1.94 bits per heavy atom. The molecule has 0 aliphatic carbocycles. The topological polar surface area (TPSA) is 35.5 Å². The number of hydrogen-bond acceptors (Lipinski definition) is 3. The third-order valence-corrected chi connectivity index (χ3v) is 2.21. The fourth-order valence-electron chi connectivity index (χ4n) is 1.19. The fourth-order valence-corrected chi connectivity index (χ4v) is 1.19. The van der Waals surface area contributed by atoms with E-state index in [1.165, 1.54) is 0 Å². The molecule has 0 aromatic heterocycles. The predicted molar refractivity (Wildman–Crippen MR) is 66.2 cm³/mol. The summed E-state index contributed by atoms with van der Waals surface area (Å²) in [5.41, 5.74) is 0.995. The lowest BCUT2D eigenvalue weighted by Gasteiger charge is -2.08.